The van der Waals surface area contributed by atoms with Crippen molar-refractivity contribution in [1.29, 1.82) is 0 Å². The maximum atomic E-state index is 12.5. The summed E-state index contributed by atoms with van der Waals surface area (Å²) < 4.78 is 1.80. The molecule has 0 radical (unpaired) electrons. The third-order valence-electron chi connectivity index (χ3n) is 4.38. The number of nitrogens with two attached hydrogens (primary N) is 1. The van der Waals surface area contributed by atoms with Crippen LogP contribution in [0.3, 0.4) is 0 Å². The second kappa shape index (κ2) is 7.61. The van der Waals surface area contributed by atoms with E-state index in [1.807, 2.05) is 16.3 Å². The van der Waals surface area contributed by atoms with Crippen molar-refractivity contribution in [3.05, 3.63) is 40.6 Å². The van der Waals surface area contributed by atoms with Crippen LogP contribution < -0.4 is 5.73 Å². The predicted molar refractivity (Wildman–Crippen MR) is 92.6 cm³/mol. The molecule has 1 fully saturated rings. The summed E-state index contributed by atoms with van der Waals surface area (Å²) >= 11 is 1.69. The van der Waals surface area contributed by atoms with Crippen molar-refractivity contribution >= 4 is 23.2 Å². The third kappa shape index (κ3) is 4.03. The zero-order valence-corrected chi connectivity index (χ0v) is 14.4. The van der Waals surface area contributed by atoms with Crippen LogP contribution in [0.2, 0.25) is 0 Å². The highest BCUT2D eigenvalue weighted by Gasteiger charge is 2.27. The van der Waals surface area contributed by atoms with Crippen LogP contribution in [0.5, 0.6) is 0 Å². The smallest absolute Gasteiger partial charge is 0.237 e. The maximum Gasteiger partial charge on any atom is 0.237 e. The van der Waals surface area contributed by atoms with E-state index in [4.69, 9.17) is 5.73 Å². The van der Waals surface area contributed by atoms with Crippen LogP contribution >= 0.6 is 11.3 Å². The molecule has 24 heavy (non-hydrogen) atoms. The van der Waals surface area contributed by atoms with Crippen LogP contribution in [-0.4, -0.2) is 39.4 Å². The average molecular weight is 346 g/mol. The molecule has 1 aliphatic heterocycles. The van der Waals surface area contributed by atoms with Crippen LogP contribution in [0.1, 0.15) is 35.9 Å². The highest BCUT2D eigenvalue weighted by Crippen LogP contribution is 2.26. The number of rotatable bonds is 6. The lowest BCUT2D eigenvalue weighted by Gasteiger charge is -2.32. The monoisotopic (exact) mass is 346 g/mol. The molecule has 2 aromatic rings. The number of nitrogens with zero attached hydrogens (tertiary/aromatic N) is 3. The SMILES string of the molecule is NC(=O)Cn1ccnc1C1CCCN(C(=O)CCc2cccs2)C1. The van der Waals surface area contributed by atoms with Gasteiger partial charge in [0.25, 0.3) is 0 Å². The normalized spacial score (nSPS) is 17.8. The maximum absolute atomic E-state index is 12.5. The van der Waals surface area contributed by atoms with Crippen molar-refractivity contribution in [1.82, 2.24) is 14.5 Å². The molecule has 0 aromatic carbocycles. The molecule has 1 aliphatic rings. The van der Waals surface area contributed by atoms with E-state index in [9.17, 15) is 9.59 Å². The molecular formula is C17H22N4O2S. The van der Waals surface area contributed by atoms with Gasteiger partial charge in [-0.1, -0.05) is 6.07 Å². The molecule has 1 atom stereocenters. The molecular weight excluding hydrogens is 324 g/mol. The molecule has 6 nitrogen and oxygen atoms in total. The number of carbonyl (C=O) groups is 2. The molecule has 0 saturated carbocycles. The number of aryl methyl sites for hydroxylation is 1. The first kappa shape index (κ1) is 16.7. The predicted octanol–water partition coefficient (Wildman–Crippen LogP) is 1.77. The van der Waals surface area contributed by atoms with Gasteiger partial charge in [-0.05, 0) is 30.7 Å². The minimum Gasteiger partial charge on any atom is -0.368 e. The summed E-state index contributed by atoms with van der Waals surface area (Å²) in [4.78, 5) is 31.3. The van der Waals surface area contributed by atoms with Gasteiger partial charge in [0.15, 0.2) is 0 Å². The number of primary amides is 1. The summed E-state index contributed by atoms with van der Waals surface area (Å²) in [5, 5.41) is 2.04. The summed E-state index contributed by atoms with van der Waals surface area (Å²) in [5.74, 6) is 0.832. The number of piperidine rings is 1. The fraction of sp³-hybridized carbons (Fsp3) is 0.471. The highest BCUT2D eigenvalue weighted by atomic mass is 32.1. The van der Waals surface area contributed by atoms with E-state index in [0.717, 1.165) is 31.6 Å². The molecule has 3 rings (SSSR count). The van der Waals surface area contributed by atoms with E-state index >= 15 is 0 Å². The Morgan fingerprint density at radius 1 is 1.42 bits per heavy atom. The minimum absolute atomic E-state index is 0.137. The van der Waals surface area contributed by atoms with Gasteiger partial charge in [-0.15, -0.1) is 11.3 Å². The molecule has 3 heterocycles. The third-order valence-corrected chi connectivity index (χ3v) is 5.31. The first-order valence-electron chi connectivity index (χ1n) is 8.23. The second-order valence-electron chi connectivity index (χ2n) is 6.14. The summed E-state index contributed by atoms with van der Waals surface area (Å²) in [6, 6.07) is 4.08. The summed E-state index contributed by atoms with van der Waals surface area (Å²) in [6.07, 6.45) is 6.74. The number of thiophene rings is 1. The summed E-state index contributed by atoms with van der Waals surface area (Å²) in [7, 11) is 0. The van der Waals surface area contributed by atoms with Crippen molar-refractivity contribution in [3.63, 3.8) is 0 Å². The van der Waals surface area contributed by atoms with Crippen molar-refractivity contribution in [2.75, 3.05) is 13.1 Å². The molecule has 2 amide bonds. The molecule has 2 aromatic heterocycles. The zero-order valence-electron chi connectivity index (χ0n) is 13.6. The molecule has 0 spiro atoms. The number of hydrogen-bond donors (Lipinski definition) is 1. The van der Waals surface area contributed by atoms with Crippen LogP contribution in [0, 0.1) is 0 Å². The van der Waals surface area contributed by atoms with Crippen molar-refractivity contribution in [2.45, 2.75) is 38.1 Å². The Morgan fingerprint density at radius 3 is 3.04 bits per heavy atom. The molecule has 128 valence electrons. The Bertz CT molecular complexity index is 695. The number of hydrogen-bond acceptors (Lipinski definition) is 4. The van der Waals surface area contributed by atoms with Gasteiger partial charge in [0.05, 0.1) is 0 Å². The van der Waals surface area contributed by atoms with Gasteiger partial charge in [0, 0.05) is 42.7 Å². The standard InChI is InChI=1S/C17H22N4O2S/c18-15(22)12-21-9-7-19-17(21)13-3-1-8-20(11-13)16(23)6-5-14-4-2-10-24-14/h2,4,7,9-10,13H,1,3,5-6,8,11-12H2,(H2,18,22). The van der Waals surface area contributed by atoms with Crippen LogP contribution in [0.15, 0.2) is 29.9 Å². The summed E-state index contributed by atoms with van der Waals surface area (Å²) in [5.41, 5.74) is 5.29. The van der Waals surface area contributed by atoms with Gasteiger partial charge < -0.3 is 15.2 Å². The quantitative estimate of drug-likeness (QED) is 0.865. The van der Waals surface area contributed by atoms with E-state index in [0.29, 0.717) is 13.0 Å². The van der Waals surface area contributed by atoms with Crippen molar-refractivity contribution in [3.8, 4) is 0 Å². The van der Waals surface area contributed by atoms with E-state index in [1.54, 1.807) is 28.3 Å². The van der Waals surface area contributed by atoms with Crippen LogP contribution in [-0.2, 0) is 22.6 Å². The van der Waals surface area contributed by atoms with E-state index in [-0.39, 0.29) is 24.3 Å². The summed E-state index contributed by atoms with van der Waals surface area (Å²) in [6.45, 7) is 1.60. The van der Waals surface area contributed by atoms with E-state index < -0.39 is 0 Å². The molecule has 1 unspecified atom stereocenters. The van der Waals surface area contributed by atoms with Gasteiger partial charge in [-0.25, -0.2) is 4.98 Å². The van der Waals surface area contributed by atoms with Gasteiger partial charge in [-0.3, -0.25) is 9.59 Å². The fourth-order valence-corrected chi connectivity index (χ4v) is 3.95. The van der Waals surface area contributed by atoms with Crippen LogP contribution in [0.4, 0.5) is 0 Å². The molecule has 0 aliphatic carbocycles. The fourth-order valence-electron chi connectivity index (χ4n) is 3.24. The number of likely N-dealkylation sites (tertiary alicyclic amines) is 1. The Labute approximate surface area is 145 Å². The Hall–Kier alpha value is -2.15. The topological polar surface area (TPSA) is 81.2 Å². The van der Waals surface area contributed by atoms with Gasteiger partial charge in [0.2, 0.25) is 11.8 Å². The molecule has 2 N–H and O–H groups in total. The highest BCUT2D eigenvalue weighted by molar-refractivity contribution is 7.09. The average Bonchev–Trinajstić information content (AvgIpc) is 3.24. The number of imidazole rings is 1. The largest absolute Gasteiger partial charge is 0.368 e. The second-order valence-corrected chi connectivity index (χ2v) is 7.17. The Morgan fingerprint density at radius 2 is 2.29 bits per heavy atom. The lowest BCUT2D eigenvalue weighted by Crippen LogP contribution is -2.40. The van der Waals surface area contributed by atoms with Crippen molar-refractivity contribution < 1.29 is 9.59 Å². The first-order valence-corrected chi connectivity index (χ1v) is 9.11. The van der Waals surface area contributed by atoms with Gasteiger partial charge >= 0.3 is 0 Å². The molecule has 7 heteroatoms. The van der Waals surface area contributed by atoms with Crippen molar-refractivity contribution in [2.24, 2.45) is 5.73 Å². The van der Waals surface area contributed by atoms with Crippen LogP contribution in [0.25, 0.3) is 0 Å². The van der Waals surface area contributed by atoms with E-state index in [2.05, 4.69) is 11.1 Å². The lowest BCUT2D eigenvalue weighted by molar-refractivity contribution is -0.132. The molecule has 0 bridgehead atoms. The van der Waals surface area contributed by atoms with E-state index in [1.165, 1.54) is 4.88 Å². The Balaban J connectivity index is 1.60. The zero-order chi connectivity index (χ0) is 16.9. The van der Waals surface area contributed by atoms with Gasteiger partial charge in [0.1, 0.15) is 12.4 Å². The lowest BCUT2D eigenvalue weighted by atomic mass is 9.96. The Kier molecular flexibility index (Phi) is 5.30. The number of carbonyl (C=O) groups excluding carboxylic acids is 2. The number of amides is 2. The number of aromatic nitrogens is 2. The molecule has 1 saturated heterocycles. The first-order chi connectivity index (χ1) is 11.6. The van der Waals surface area contributed by atoms with Gasteiger partial charge in [-0.2, -0.15) is 0 Å². The minimum atomic E-state index is -0.381.